The Morgan fingerprint density at radius 1 is 0.720 bits per heavy atom. The summed E-state index contributed by atoms with van der Waals surface area (Å²) in [4.78, 5) is 0. The zero-order valence-electron chi connectivity index (χ0n) is 16.1. The Kier molecular flexibility index (Phi) is 7.00. The smallest absolute Gasteiger partial charge is 0.191 e. The maximum Gasteiger partial charge on any atom is 0.191 e. The van der Waals surface area contributed by atoms with E-state index in [2.05, 4.69) is 81.0 Å². The van der Waals surface area contributed by atoms with E-state index in [0.29, 0.717) is 0 Å². The predicted molar refractivity (Wildman–Crippen MR) is 115 cm³/mol. The second-order valence-electron chi connectivity index (χ2n) is 8.02. The fourth-order valence-electron chi connectivity index (χ4n) is 2.25. The van der Waals surface area contributed by atoms with Crippen molar-refractivity contribution in [3.8, 4) is 0 Å². The van der Waals surface area contributed by atoms with E-state index in [0.717, 1.165) is 5.69 Å². The average Bonchev–Trinajstić information content (AvgIpc) is 2.51. The summed E-state index contributed by atoms with van der Waals surface area (Å²) in [6, 6.07) is 20.8. The summed E-state index contributed by atoms with van der Waals surface area (Å²) in [6.45, 7) is 13.3. The highest BCUT2D eigenvalue weighted by Gasteiger charge is 2.34. The Morgan fingerprint density at radius 3 is 1.60 bits per heavy atom. The van der Waals surface area contributed by atoms with Crippen LogP contribution in [0.15, 0.2) is 60.7 Å². The van der Waals surface area contributed by atoms with Crippen LogP contribution in [0.4, 0.5) is 5.69 Å². The van der Waals surface area contributed by atoms with Gasteiger partial charge >= 0.3 is 0 Å². The molecule has 0 heterocycles. The van der Waals surface area contributed by atoms with Gasteiger partial charge in [0.15, 0.2) is 25.0 Å². The van der Waals surface area contributed by atoms with E-state index in [1.54, 1.807) is 0 Å². The van der Waals surface area contributed by atoms with E-state index in [1.165, 1.54) is 5.56 Å². The van der Waals surface area contributed by atoms with E-state index < -0.39 is 25.0 Å². The summed E-state index contributed by atoms with van der Waals surface area (Å²) in [6.07, 6.45) is 0. The predicted octanol–water partition coefficient (Wildman–Crippen LogP) is 6.81. The highest BCUT2D eigenvalue weighted by atomic mass is 31.2. The first-order chi connectivity index (χ1) is 11.6. The van der Waals surface area contributed by atoms with Crippen molar-refractivity contribution in [1.82, 2.24) is 0 Å². The number of hydrogen-bond donors (Lipinski definition) is 1. The molecule has 0 radical (unpaired) electrons. The van der Waals surface area contributed by atoms with E-state index >= 15 is 0 Å². The maximum atomic E-state index is 6.56. The van der Waals surface area contributed by atoms with Gasteiger partial charge in [-0.1, -0.05) is 48.5 Å². The lowest BCUT2D eigenvalue weighted by Gasteiger charge is -2.36. The first-order valence-corrected chi connectivity index (χ1v) is 16.7. The van der Waals surface area contributed by atoms with Gasteiger partial charge in [0.2, 0.25) is 0 Å². The number of nitrogens with one attached hydrogen (secondary N) is 1. The van der Waals surface area contributed by atoms with Crippen molar-refractivity contribution >= 4 is 30.7 Å². The summed E-state index contributed by atoms with van der Waals surface area (Å²) >= 11 is 0. The Morgan fingerprint density at radius 2 is 1.16 bits per heavy atom. The summed E-state index contributed by atoms with van der Waals surface area (Å²) in [5, 5.41) is 3.66. The van der Waals surface area contributed by atoms with Crippen LogP contribution in [0, 0.1) is 0 Å². The van der Waals surface area contributed by atoms with Crippen molar-refractivity contribution in [1.29, 1.82) is 0 Å². The van der Waals surface area contributed by atoms with Gasteiger partial charge in [-0.3, -0.25) is 0 Å². The van der Waals surface area contributed by atoms with Gasteiger partial charge in [-0.2, -0.15) is 0 Å². The van der Waals surface area contributed by atoms with Gasteiger partial charge < -0.3 is 13.7 Å². The van der Waals surface area contributed by atoms with Crippen molar-refractivity contribution in [2.45, 2.75) is 45.1 Å². The first kappa shape index (κ1) is 20.3. The molecule has 1 N–H and O–H groups in total. The third-order valence-electron chi connectivity index (χ3n) is 3.13. The van der Waals surface area contributed by atoms with E-state index in [1.807, 2.05) is 24.3 Å². The molecular formula is C19H30NO2PSi2. The molecular weight excluding hydrogens is 361 g/mol. The molecule has 2 aromatic rings. The molecule has 1 atom stereocenters. The molecule has 0 bridgehead atoms. The van der Waals surface area contributed by atoms with Crippen LogP contribution in [0.1, 0.15) is 11.3 Å². The fraction of sp³-hybridized carbons (Fsp3) is 0.368. The molecule has 1 unspecified atom stereocenters. The number of anilines is 1. The molecule has 0 saturated carbocycles. The van der Waals surface area contributed by atoms with Gasteiger partial charge in [0.05, 0.1) is 0 Å². The molecule has 0 aromatic heterocycles. The van der Waals surface area contributed by atoms with Crippen LogP contribution in [0.2, 0.25) is 39.3 Å². The molecule has 136 valence electrons. The Balaban J connectivity index is 2.37. The van der Waals surface area contributed by atoms with Crippen LogP contribution in [-0.2, 0) is 8.43 Å². The monoisotopic (exact) mass is 391 g/mol. The summed E-state index contributed by atoms with van der Waals surface area (Å²) < 4.78 is 13.1. The lowest BCUT2D eigenvalue weighted by Crippen LogP contribution is -2.31. The standard InChI is InChI=1S/C19H30NO2PSi2/c1-24(2,3)21-23(22-25(4,5)6)19(17-13-9-7-10-14-17)20-18-15-11-8-12-16-18/h7-16,19-20H,1-6H3. The molecule has 25 heavy (non-hydrogen) atoms. The van der Waals surface area contributed by atoms with E-state index in [9.17, 15) is 0 Å². The van der Waals surface area contributed by atoms with Crippen LogP contribution in [0.3, 0.4) is 0 Å². The molecule has 0 aliphatic heterocycles. The van der Waals surface area contributed by atoms with Gasteiger partial charge in [0.1, 0.15) is 5.78 Å². The molecule has 0 saturated heterocycles. The van der Waals surface area contributed by atoms with Gasteiger partial charge in [-0.15, -0.1) is 0 Å². The Labute approximate surface area is 156 Å². The molecule has 3 nitrogen and oxygen atoms in total. The second kappa shape index (κ2) is 8.61. The zero-order valence-corrected chi connectivity index (χ0v) is 19.0. The Bertz CT molecular complexity index is 626. The highest BCUT2D eigenvalue weighted by molar-refractivity contribution is 7.51. The largest absolute Gasteiger partial charge is 0.375 e. The van der Waals surface area contributed by atoms with Crippen LogP contribution in [-0.4, -0.2) is 16.6 Å². The molecule has 0 fully saturated rings. The van der Waals surface area contributed by atoms with Crippen molar-refractivity contribution < 1.29 is 8.43 Å². The topological polar surface area (TPSA) is 30.5 Å². The van der Waals surface area contributed by atoms with Crippen LogP contribution >= 0.6 is 8.38 Å². The van der Waals surface area contributed by atoms with Crippen LogP contribution in [0.25, 0.3) is 0 Å². The average molecular weight is 392 g/mol. The zero-order chi connectivity index (χ0) is 18.5. The minimum absolute atomic E-state index is 0.0112. The van der Waals surface area contributed by atoms with Gasteiger partial charge in [0, 0.05) is 5.69 Å². The fourth-order valence-corrected chi connectivity index (χ4v) is 8.57. The third kappa shape index (κ3) is 7.42. The van der Waals surface area contributed by atoms with E-state index in [-0.39, 0.29) is 5.78 Å². The van der Waals surface area contributed by atoms with Crippen molar-refractivity contribution in [2.75, 3.05) is 5.32 Å². The van der Waals surface area contributed by atoms with E-state index in [4.69, 9.17) is 8.43 Å². The maximum absolute atomic E-state index is 6.56. The number of rotatable bonds is 8. The molecule has 2 rings (SSSR count). The summed E-state index contributed by atoms with van der Waals surface area (Å²) in [7, 11) is -4.58. The molecule has 6 heteroatoms. The minimum atomic E-state index is -1.75. The Hall–Kier alpha value is -0.976. The van der Waals surface area contributed by atoms with Crippen molar-refractivity contribution in [2.24, 2.45) is 0 Å². The SMILES string of the molecule is C[Si](C)(C)OP(O[Si](C)(C)C)C(Nc1ccccc1)c1ccccc1. The molecule has 2 aromatic carbocycles. The lowest BCUT2D eigenvalue weighted by molar-refractivity contribution is 0.478. The van der Waals surface area contributed by atoms with Gasteiger partial charge in [-0.05, 0) is 57.0 Å². The number of hydrogen-bond acceptors (Lipinski definition) is 3. The van der Waals surface area contributed by atoms with Crippen LogP contribution < -0.4 is 5.32 Å². The normalized spacial score (nSPS) is 13.7. The first-order valence-electron chi connectivity index (χ1n) is 8.68. The summed E-state index contributed by atoms with van der Waals surface area (Å²) in [5.41, 5.74) is 2.29. The lowest BCUT2D eigenvalue weighted by atomic mass is 10.2. The highest BCUT2D eigenvalue weighted by Crippen LogP contribution is 2.56. The molecule has 0 aliphatic carbocycles. The van der Waals surface area contributed by atoms with Gasteiger partial charge in [0.25, 0.3) is 0 Å². The van der Waals surface area contributed by atoms with Crippen LogP contribution in [0.5, 0.6) is 0 Å². The van der Waals surface area contributed by atoms with Gasteiger partial charge in [-0.25, -0.2) is 0 Å². The molecule has 0 amide bonds. The second-order valence-corrected chi connectivity index (χ2v) is 19.0. The number of benzene rings is 2. The van der Waals surface area contributed by atoms with Crippen molar-refractivity contribution in [3.63, 3.8) is 0 Å². The molecule has 0 aliphatic rings. The van der Waals surface area contributed by atoms with Crippen molar-refractivity contribution in [3.05, 3.63) is 66.2 Å². The minimum Gasteiger partial charge on any atom is -0.375 e. The summed E-state index contributed by atoms with van der Waals surface area (Å²) in [5.74, 6) is 0.0112. The number of para-hydroxylation sites is 1. The molecule has 0 spiro atoms. The third-order valence-corrected chi connectivity index (χ3v) is 9.80. The quantitative estimate of drug-likeness (QED) is 0.396.